The molecular formula is C19H16N2O2S. The van der Waals surface area contributed by atoms with Gasteiger partial charge in [0.25, 0.3) is 5.91 Å². The third-order valence-corrected chi connectivity index (χ3v) is 3.89. The van der Waals surface area contributed by atoms with Gasteiger partial charge in [0.1, 0.15) is 5.75 Å². The second kappa shape index (κ2) is 6.68. The van der Waals surface area contributed by atoms with Gasteiger partial charge in [-0.25, -0.2) is 0 Å². The van der Waals surface area contributed by atoms with Crippen LogP contribution in [0.15, 0.2) is 60.7 Å². The summed E-state index contributed by atoms with van der Waals surface area (Å²) in [6.07, 6.45) is 0. The van der Waals surface area contributed by atoms with Crippen LogP contribution in [0, 0.1) is 6.92 Å². The van der Waals surface area contributed by atoms with E-state index >= 15 is 0 Å². The quantitative estimate of drug-likeness (QED) is 0.620. The topological polar surface area (TPSA) is 61.4 Å². The molecule has 0 radical (unpaired) electrons. The number of anilines is 1. The molecule has 3 aromatic rings. The van der Waals surface area contributed by atoms with Gasteiger partial charge in [0.2, 0.25) is 0 Å². The standard InChI is InChI=1S/C19H16N2O2S/c1-12-8-10-13(11-9-12)18(23)21-19(24)20-16-6-2-5-15-14(16)4-3-7-17(15)22/h2-11,22H,1H3,(H2,20,21,23,24). The minimum absolute atomic E-state index is 0.200. The van der Waals surface area contributed by atoms with Gasteiger partial charge in [0.15, 0.2) is 5.11 Å². The molecule has 0 unspecified atom stereocenters. The predicted octanol–water partition coefficient (Wildman–Crippen LogP) is 3.98. The van der Waals surface area contributed by atoms with Crippen molar-refractivity contribution in [3.8, 4) is 5.75 Å². The maximum atomic E-state index is 12.2. The number of hydrogen-bond donors (Lipinski definition) is 3. The zero-order chi connectivity index (χ0) is 17.1. The van der Waals surface area contributed by atoms with Crippen molar-refractivity contribution in [2.45, 2.75) is 6.92 Å². The van der Waals surface area contributed by atoms with Gasteiger partial charge in [0, 0.05) is 22.0 Å². The Labute approximate surface area is 145 Å². The number of carbonyl (C=O) groups is 1. The predicted molar refractivity (Wildman–Crippen MR) is 100 cm³/mol. The number of amides is 1. The lowest BCUT2D eigenvalue weighted by Crippen LogP contribution is -2.34. The van der Waals surface area contributed by atoms with Crippen molar-refractivity contribution < 1.29 is 9.90 Å². The summed E-state index contributed by atoms with van der Waals surface area (Å²) in [6.45, 7) is 1.96. The molecule has 0 aliphatic rings. The van der Waals surface area contributed by atoms with E-state index < -0.39 is 0 Å². The third-order valence-electron chi connectivity index (χ3n) is 3.69. The number of benzene rings is 3. The van der Waals surface area contributed by atoms with Crippen LogP contribution in [0.3, 0.4) is 0 Å². The van der Waals surface area contributed by atoms with E-state index in [1.165, 1.54) is 0 Å². The molecule has 0 bridgehead atoms. The van der Waals surface area contributed by atoms with Crippen LogP contribution in [0.1, 0.15) is 15.9 Å². The molecule has 0 heterocycles. The van der Waals surface area contributed by atoms with Crippen molar-refractivity contribution in [1.29, 1.82) is 0 Å². The molecule has 0 atom stereocenters. The van der Waals surface area contributed by atoms with E-state index in [4.69, 9.17) is 12.2 Å². The number of aryl methyl sites for hydroxylation is 1. The molecule has 0 fully saturated rings. The Kier molecular flexibility index (Phi) is 4.44. The Bertz CT molecular complexity index is 920. The summed E-state index contributed by atoms with van der Waals surface area (Å²) in [4.78, 5) is 12.2. The highest BCUT2D eigenvalue weighted by atomic mass is 32.1. The molecule has 4 nitrogen and oxygen atoms in total. The van der Waals surface area contributed by atoms with Crippen molar-refractivity contribution in [1.82, 2.24) is 5.32 Å². The smallest absolute Gasteiger partial charge is 0.257 e. The first-order valence-corrected chi connectivity index (χ1v) is 7.85. The van der Waals surface area contributed by atoms with Crippen LogP contribution >= 0.6 is 12.2 Å². The van der Waals surface area contributed by atoms with Gasteiger partial charge in [-0.3, -0.25) is 10.1 Å². The highest BCUT2D eigenvalue weighted by molar-refractivity contribution is 7.80. The van der Waals surface area contributed by atoms with E-state index in [-0.39, 0.29) is 16.8 Å². The monoisotopic (exact) mass is 336 g/mol. The van der Waals surface area contributed by atoms with E-state index in [1.807, 2.05) is 43.3 Å². The van der Waals surface area contributed by atoms with Crippen molar-refractivity contribution >= 4 is 39.7 Å². The van der Waals surface area contributed by atoms with Crippen LogP contribution in [-0.4, -0.2) is 16.1 Å². The van der Waals surface area contributed by atoms with Gasteiger partial charge < -0.3 is 10.4 Å². The number of rotatable bonds is 2. The molecule has 24 heavy (non-hydrogen) atoms. The molecule has 0 saturated carbocycles. The van der Waals surface area contributed by atoms with Gasteiger partial charge >= 0.3 is 0 Å². The Morgan fingerprint density at radius 3 is 2.38 bits per heavy atom. The van der Waals surface area contributed by atoms with E-state index in [0.29, 0.717) is 5.56 Å². The fraction of sp³-hybridized carbons (Fsp3) is 0.0526. The summed E-state index contributed by atoms with van der Waals surface area (Å²) in [6, 6.07) is 18.0. The minimum atomic E-state index is -0.268. The molecule has 0 spiro atoms. The lowest BCUT2D eigenvalue weighted by Gasteiger charge is -2.12. The van der Waals surface area contributed by atoms with Crippen LogP contribution in [0.2, 0.25) is 0 Å². The summed E-state index contributed by atoms with van der Waals surface area (Å²) < 4.78 is 0. The molecule has 3 aromatic carbocycles. The zero-order valence-corrected chi connectivity index (χ0v) is 13.9. The van der Waals surface area contributed by atoms with E-state index in [2.05, 4.69) is 10.6 Å². The fourth-order valence-corrected chi connectivity index (χ4v) is 2.64. The summed E-state index contributed by atoms with van der Waals surface area (Å²) in [5.41, 5.74) is 2.35. The van der Waals surface area contributed by atoms with Crippen molar-refractivity contribution in [3.63, 3.8) is 0 Å². The van der Waals surface area contributed by atoms with Gasteiger partial charge in [-0.15, -0.1) is 0 Å². The number of phenolic OH excluding ortho intramolecular Hbond substituents is 1. The van der Waals surface area contributed by atoms with Crippen LogP contribution in [0.25, 0.3) is 10.8 Å². The Hall–Kier alpha value is -2.92. The number of phenols is 1. The maximum absolute atomic E-state index is 12.2. The number of hydrogen-bond acceptors (Lipinski definition) is 3. The van der Waals surface area contributed by atoms with E-state index in [1.54, 1.807) is 24.3 Å². The lowest BCUT2D eigenvalue weighted by molar-refractivity contribution is 0.0977. The average molecular weight is 336 g/mol. The van der Waals surface area contributed by atoms with Crippen LogP contribution in [0.4, 0.5) is 5.69 Å². The minimum Gasteiger partial charge on any atom is -0.507 e. The van der Waals surface area contributed by atoms with Crippen LogP contribution < -0.4 is 10.6 Å². The Morgan fingerprint density at radius 2 is 1.62 bits per heavy atom. The summed E-state index contributed by atoms with van der Waals surface area (Å²) in [5, 5.41) is 17.3. The second-order valence-corrected chi connectivity index (χ2v) is 5.86. The van der Waals surface area contributed by atoms with Gasteiger partial charge in [-0.2, -0.15) is 0 Å². The number of aromatic hydroxyl groups is 1. The third kappa shape index (κ3) is 3.36. The molecule has 0 aromatic heterocycles. The SMILES string of the molecule is Cc1ccc(C(=O)NC(=S)Nc2cccc3c(O)cccc23)cc1. The fourth-order valence-electron chi connectivity index (χ4n) is 2.44. The first kappa shape index (κ1) is 16.0. The van der Waals surface area contributed by atoms with Gasteiger partial charge in [-0.1, -0.05) is 42.0 Å². The molecule has 0 aliphatic carbocycles. The average Bonchev–Trinajstić information content (AvgIpc) is 2.56. The Balaban J connectivity index is 1.77. The van der Waals surface area contributed by atoms with Crippen LogP contribution in [0.5, 0.6) is 5.75 Å². The van der Waals surface area contributed by atoms with Crippen molar-refractivity contribution in [2.75, 3.05) is 5.32 Å². The molecule has 3 N–H and O–H groups in total. The normalized spacial score (nSPS) is 10.4. The van der Waals surface area contributed by atoms with Crippen molar-refractivity contribution in [3.05, 3.63) is 71.8 Å². The molecule has 120 valence electrons. The number of nitrogens with one attached hydrogen (secondary N) is 2. The van der Waals surface area contributed by atoms with E-state index in [0.717, 1.165) is 22.0 Å². The summed E-state index contributed by atoms with van der Waals surface area (Å²) >= 11 is 5.23. The molecular weight excluding hydrogens is 320 g/mol. The largest absolute Gasteiger partial charge is 0.507 e. The summed E-state index contributed by atoms with van der Waals surface area (Å²) in [7, 11) is 0. The molecule has 0 aliphatic heterocycles. The molecule has 0 saturated heterocycles. The van der Waals surface area contributed by atoms with Gasteiger partial charge in [-0.05, 0) is 43.4 Å². The summed E-state index contributed by atoms with van der Waals surface area (Å²) in [5.74, 6) is -0.0682. The maximum Gasteiger partial charge on any atom is 0.257 e. The molecule has 3 rings (SSSR count). The molecule has 5 heteroatoms. The molecule has 1 amide bonds. The first-order chi connectivity index (χ1) is 11.5. The highest BCUT2D eigenvalue weighted by Crippen LogP contribution is 2.29. The lowest BCUT2D eigenvalue weighted by atomic mass is 10.1. The second-order valence-electron chi connectivity index (χ2n) is 5.45. The number of carbonyl (C=O) groups excluding carboxylic acids is 1. The first-order valence-electron chi connectivity index (χ1n) is 7.44. The Morgan fingerprint density at radius 1 is 0.958 bits per heavy atom. The van der Waals surface area contributed by atoms with E-state index in [9.17, 15) is 9.90 Å². The number of thiocarbonyl (C=S) groups is 1. The highest BCUT2D eigenvalue weighted by Gasteiger charge is 2.09. The zero-order valence-electron chi connectivity index (χ0n) is 13.0. The van der Waals surface area contributed by atoms with Crippen LogP contribution in [-0.2, 0) is 0 Å². The number of fused-ring (bicyclic) bond motifs is 1. The van der Waals surface area contributed by atoms with Crippen molar-refractivity contribution in [2.24, 2.45) is 0 Å². The van der Waals surface area contributed by atoms with Gasteiger partial charge in [0.05, 0.1) is 0 Å².